The predicted molar refractivity (Wildman–Crippen MR) is 116 cm³/mol. The van der Waals surface area contributed by atoms with Gasteiger partial charge in [0.15, 0.2) is 11.6 Å². The van der Waals surface area contributed by atoms with E-state index in [1.165, 1.54) is 0 Å². The number of rotatable bonds is 6. The number of anilines is 1. The first kappa shape index (κ1) is 20.2. The molecule has 0 aromatic carbocycles. The van der Waals surface area contributed by atoms with E-state index in [-0.39, 0.29) is 5.97 Å². The lowest BCUT2D eigenvalue weighted by atomic mass is 9.93. The minimum absolute atomic E-state index is 0.335. The second-order valence-corrected chi connectivity index (χ2v) is 7.77. The summed E-state index contributed by atoms with van der Waals surface area (Å²) in [6.45, 7) is 3.74. The molecular formula is C23H23N5O4. The van der Waals surface area contributed by atoms with Crippen LogP contribution in [0.2, 0.25) is 0 Å². The molecule has 4 aromatic rings. The fraction of sp³-hybridized carbons (Fsp3) is 0.348. The smallest absolute Gasteiger partial charge is 0.341 e. The Hall–Kier alpha value is -3.75. The van der Waals surface area contributed by atoms with Gasteiger partial charge in [0.05, 0.1) is 6.61 Å². The van der Waals surface area contributed by atoms with E-state index in [1.807, 2.05) is 6.07 Å². The van der Waals surface area contributed by atoms with Crippen molar-refractivity contribution < 1.29 is 18.5 Å². The van der Waals surface area contributed by atoms with Gasteiger partial charge in [0, 0.05) is 43.5 Å². The molecule has 1 aliphatic heterocycles. The van der Waals surface area contributed by atoms with Crippen molar-refractivity contribution in [1.82, 2.24) is 20.1 Å². The molecular weight excluding hydrogens is 410 g/mol. The summed E-state index contributed by atoms with van der Waals surface area (Å²) >= 11 is 0. The maximum Gasteiger partial charge on any atom is 0.341 e. The molecule has 1 saturated heterocycles. The molecule has 1 aliphatic rings. The third-order valence-corrected chi connectivity index (χ3v) is 5.66. The highest BCUT2D eigenvalue weighted by Crippen LogP contribution is 2.29. The van der Waals surface area contributed by atoms with Crippen LogP contribution in [0.15, 0.2) is 51.8 Å². The van der Waals surface area contributed by atoms with Crippen LogP contribution in [-0.4, -0.2) is 45.8 Å². The van der Waals surface area contributed by atoms with Gasteiger partial charge in [0.1, 0.15) is 17.0 Å². The number of ether oxygens (including phenoxy) is 1. The van der Waals surface area contributed by atoms with Crippen LogP contribution in [0.1, 0.15) is 35.9 Å². The fourth-order valence-corrected chi connectivity index (χ4v) is 4.05. The van der Waals surface area contributed by atoms with Crippen molar-refractivity contribution >= 4 is 22.8 Å². The van der Waals surface area contributed by atoms with Crippen molar-refractivity contribution in [2.24, 2.45) is 5.92 Å². The highest BCUT2D eigenvalue weighted by atomic mass is 16.5. The van der Waals surface area contributed by atoms with Crippen molar-refractivity contribution in [2.45, 2.75) is 26.2 Å². The summed E-state index contributed by atoms with van der Waals surface area (Å²) < 4.78 is 16.4. The lowest BCUT2D eigenvalue weighted by Gasteiger charge is -2.33. The molecule has 164 valence electrons. The van der Waals surface area contributed by atoms with Gasteiger partial charge in [-0.05, 0) is 49.9 Å². The quantitative estimate of drug-likeness (QED) is 0.418. The Balaban J connectivity index is 1.22. The summed E-state index contributed by atoms with van der Waals surface area (Å²) in [6.07, 6.45) is 7.74. The molecule has 4 aromatic heterocycles. The SMILES string of the molecule is CCOC(=O)c1cccnc1N1CCC(Cc2noc(-c3cc4cnccc4o3)n2)CC1. The lowest BCUT2D eigenvalue weighted by molar-refractivity contribution is 0.0526. The molecule has 9 nitrogen and oxygen atoms in total. The number of nitrogens with zero attached hydrogens (tertiary/aromatic N) is 5. The molecule has 0 bridgehead atoms. The molecule has 0 aliphatic carbocycles. The predicted octanol–water partition coefficient (Wildman–Crippen LogP) is 3.91. The Morgan fingerprint density at radius 2 is 2.12 bits per heavy atom. The van der Waals surface area contributed by atoms with Crippen molar-refractivity contribution in [1.29, 1.82) is 0 Å². The summed E-state index contributed by atoms with van der Waals surface area (Å²) in [4.78, 5) is 27.5. The van der Waals surface area contributed by atoms with Crippen molar-refractivity contribution in [2.75, 3.05) is 24.6 Å². The molecule has 0 spiro atoms. The molecule has 5 heterocycles. The second kappa shape index (κ2) is 8.78. The number of furan rings is 1. The molecule has 0 unspecified atom stereocenters. The zero-order valence-corrected chi connectivity index (χ0v) is 17.7. The maximum absolute atomic E-state index is 12.3. The molecule has 5 rings (SSSR count). The summed E-state index contributed by atoms with van der Waals surface area (Å²) in [6, 6.07) is 7.18. The first-order valence-electron chi connectivity index (χ1n) is 10.7. The molecule has 32 heavy (non-hydrogen) atoms. The number of carbonyl (C=O) groups excluding carboxylic acids is 1. The van der Waals surface area contributed by atoms with Crippen molar-refractivity contribution in [3.05, 3.63) is 54.2 Å². The van der Waals surface area contributed by atoms with Gasteiger partial charge in [0.2, 0.25) is 0 Å². The first-order chi connectivity index (χ1) is 15.7. The Kier molecular flexibility index (Phi) is 5.53. The molecule has 0 radical (unpaired) electrons. The zero-order valence-electron chi connectivity index (χ0n) is 17.7. The monoisotopic (exact) mass is 433 g/mol. The number of hydrogen-bond acceptors (Lipinski definition) is 9. The number of carbonyl (C=O) groups is 1. The molecule has 0 N–H and O–H groups in total. The van der Waals surface area contributed by atoms with Gasteiger partial charge in [-0.25, -0.2) is 9.78 Å². The highest BCUT2D eigenvalue weighted by Gasteiger charge is 2.26. The Morgan fingerprint density at radius 3 is 2.94 bits per heavy atom. The van der Waals surface area contributed by atoms with Gasteiger partial charge in [-0.15, -0.1) is 0 Å². The van der Waals surface area contributed by atoms with E-state index < -0.39 is 0 Å². The molecule has 9 heteroatoms. The Labute approximate surface area is 184 Å². The topological polar surface area (TPSA) is 107 Å². The molecule has 1 fully saturated rings. The second-order valence-electron chi connectivity index (χ2n) is 7.77. The van der Waals surface area contributed by atoms with Gasteiger partial charge in [-0.3, -0.25) is 4.98 Å². The van der Waals surface area contributed by atoms with Crippen LogP contribution in [0.3, 0.4) is 0 Å². The van der Waals surface area contributed by atoms with Gasteiger partial charge < -0.3 is 18.6 Å². The number of piperidine rings is 1. The average molecular weight is 433 g/mol. The standard InChI is InChI=1S/C23H23N5O4/c1-2-30-23(29)17-4-3-8-25-21(17)28-10-6-15(7-11-28)12-20-26-22(32-27-20)19-13-16-14-24-9-5-18(16)31-19/h3-5,8-9,13-15H,2,6-7,10-12H2,1H3. The van der Waals surface area contributed by atoms with E-state index in [9.17, 15) is 4.79 Å². The van der Waals surface area contributed by atoms with Crippen LogP contribution >= 0.6 is 0 Å². The third-order valence-electron chi connectivity index (χ3n) is 5.66. The zero-order chi connectivity index (χ0) is 21.9. The molecule has 0 saturated carbocycles. The van der Waals surface area contributed by atoms with E-state index in [0.29, 0.717) is 41.4 Å². The van der Waals surface area contributed by atoms with Crippen LogP contribution < -0.4 is 4.90 Å². The lowest BCUT2D eigenvalue weighted by Crippen LogP contribution is -2.36. The van der Waals surface area contributed by atoms with Crippen molar-refractivity contribution in [3.63, 3.8) is 0 Å². The van der Waals surface area contributed by atoms with E-state index in [0.717, 1.165) is 43.3 Å². The third kappa shape index (κ3) is 4.05. The number of hydrogen-bond donors (Lipinski definition) is 0. The van der Waals surface area contributed by atoms with E-state index in [4.69, 9.17) is 13.7 Å². The first-order valence-corrected chi connectivity index (χ1v) is 10.7. The Morgan fingerprint density at radius 1 is 1.25 bits per heavy atom. The van der Waals surface area contributed by atoms with Gasteiger partial charge in [-0.2, -0.15) is 4.98 Å². The minimum atomic E-state index is -0.335. The Bertz CT molecular complexity index is 1190. The number of esters is 1. The summed E-state index contributed by atoms with van der Waals surface area (Å²) in [5.41, 5.74) is 1.25. The van der Waals surface area contributed by atoms with Gasteiger partial charge in [-0.1, -0.05) is 5.16 Å². The highest BCUT2D eigenvalue weighted by molar-refractivity contribution is 5.94. The minimum Gasteiger partial charge on any atom is -0.462 e. The normalized spacial score (nSPS) is 14.7. The van der Waals surface area contributed by atoms with E-state index in [1.54, 1.807) is 43.7 Å². The number of aromatic nitrogens is 4. The van der Waals surface area contributed by atoms with E-state index in [2.05, 4.69) is 25.0 Å². The van der Waals surface area contributed by atoms with E-state index >= 15 is 0 Å². The van der Waals surface area contributed by atoms with Crippen LogP contribution in [0, 0.1) is 5.92 Å². The van der Waals surface area contributed by atoms with Crippen LogP contribution in [0.4, 0.5) is 5.82 Å². The van der Waals surface area contributed by atoms with Crippen LogP contribution in [0.25, 0.3) is 22.6 Å². The van der Waals surface area contributed by atoms with Crippen LogP contribution in [0.5, 0.6) is 0 Å². The average Bonchev–Trinajstić information content (AvgIpc) is 3.47. The fourth-order valence-electron chi connectivity index (χ4n) is 4.05. The summed E-state index contributed by atoms with van der Waals surface area (Å²) in [5.74, 6) is 2.36. The largest absolute Gasteiger partial charge is 0.462 e. The molecule has 0 atom stereocenters. The summed E-state index contributed by atoms with van der Waals surface area (Å²) in [7, 11) is 0. The number of pyridine rings is 2. The summed E-state index contributed by atoms with van der Waals surface area (Å²) in [5, 5.41) is 5.04. The number of fused-ring (bicyclic) bond motifs is 1. The van der Waals surface area contributed by atoms with Gasteiger partial charge in [0.25, 0.3) is 5.89 Å². The van der Waals surface area contributed by atoms with Crippen LogP contribution in [-0.2, 0) is 11.2 Å². The van der Waals surface area contributed by atoms with Crippen molar-refractivity contribution in [3.8, 4) is 11.7 Å². The van der Waals surface area contributed by atoms with Gasteiger partial charge >= 0.3 is 5.97 Å². The molecule has 0 amide bonds. The maximum atomic E-state index is 12.3.